The van der Waals surface area contributed by atoms with Crippen molar-refractivity contribution in [2.24, 2.45) is 0 Å². The molecule has 13 rings (SSSR count). The van der Waals surface area contributed by atoms with E-state index in [4.69, 9.17) is 82.6 Å². The van der Waals surface area contributed by atoms with E-state index in [1.54, 1.807) is 150 Å². The molecule has 29 nitrogen and oxygen atoms in total. The maximum Gasteiger partial charge on any atom is 0.413 e. The van der Waals surface area contributed by atoms with E-state index in [0.29, 0.717) is 105 Å². The van der Waals surface area contributed by atoms with Crippen LogP contribution in [0.15, 0.2) is 159 Å². The number of urea groups is 1. The molecule has 7 amide bonds. The number of nitrogens with zero attached hydrogens (tertiary/aromatic N) is 10. The lowest BCUT2D eigenvalue weighted by molar-refractivity contribution is 0.0624. The number of rotatable bonds is 9. The summed E-state index contributed by atoms with van der Waals surface area (Å²) in [5, 5.41) is 17.4. The van der Waals surface area contributed by atoms with Gasteiger partial charge in [0.25, 0.3) is 5.91 Å². The second kappa shape index (κ2) is 45.8. The van der Waals surface area contributed by atoms with Gasteiger partial charge in [-0.05, 0) is 277 Å². The number of nitrogens with two attached hydrogens (primary N) is 3. The molecule has 9 aromatic heterocycles. The standard InChI is InChI=1S/C17H16ClF2N3O3.C17H13F3N4OS.C17H15F2N3O2S.C10H12BrClN2O2.C10H14ClN3O2.C5H4BrClN2.C5H5BrN2/c1-17(2,3)26-16(25)22-13-7-5-10(18)14(21-13)23-15(24)9-4-6-11(19)12(20)8-9;18-10-5-6-24(8-10)17(25)22-14-4-3-13-15(21-14)23-16(26-13)9-1-2-11(19)12(20)7-9;1-17(2,3)24-16(23)21-13-7-6-12-14(20-13)22-15(25-12)9-4-5-10(18)11(19)8-9;1-10(2,3)16-9(15)14-7-5-4-6(12)8(11)13-7;1-10(2,3)16-9(15)14-7-5-4-6(11)8(12)13-7;6-5-3(7)1-2-4(8)9-5;6-4-2-1-3-5(7)8-4/h4-8H,1-3H3,(H2,21,22,23,24,25);1-4,7,10H,5-6,8H2,(H,21,22,25);4-8H,1-3H3,(H,20,21,23);4-5H,1-3H3,(H,13,14,15);4-5H,1-3H3,(H3,12,13,14,15);1-2H,(H2,8,9);1-3H,(H2,7,8)/t;10-;;;;;/m.0...../s1. The molecule has 0 spiro atoms. The Labute approximate surface area is 770 Å². The summed E-state index contributed by atoms with van der Waals surface area (Å²) in [6, 6.07) is 34.1. The number of nitrogen functional groups attached to an aromatic ring is 3. The van der Waals surface area contributed by atoms with Crippen LogP contribution in [0.2, 0.25) is 20.1 Å². The average molecular weight is 2060 g/mol. The van der Waals surface area contributed by atoms with Crippen molar-refractivity contribution in [2.45, 2.75) is 118 Å². The Morgan fingerprint density at radius 3 is 1.20 bits per heavy atom. The molecule has 126 heavy (non-hydrogen) atoms. The van der Waals surface area contributed by atoms with Crippen LogP contribution in [-0.2, 0) is 18.9 Å². The normalized spacial score (nSPS) is 12.1. The molecule has 1 aliphatic rings. The highest BCUT2D eigenvalue weighted by Crippen LogP contribution is 2.34. The van der Waals surface area contributed by atoms with Crippen molar-refractivity contribution in [3.63, 3.8) is 0 Å². The first-order valence-electron chi connectivity index (χ1n) is 36.6. The fraction of sp³-hybridized carbons (Fsp3) is 0.247. The zero-order chi connectivity index (χ0) is 93.5. The quantitative estimate of drug-likeness (QED) is 0.0368. The van der Waals surface area contributed by atoms with E-state index in [2.05, 4.69) is 125 Å². The molecule has 1 atom stereocenters. The highest BCUT2D eigenvalue weighted by Gasteiger charge is 2.28. The van der Waals surface area contributed by atoms with Crippen LogP contribution in [-0.4, -0.2) is 128 Å². The van der Waals surface area contributed by atoms with Crippen molar-refractivity contribution in [1.82, 2.24) is 49.8 Å². The number of pyridine rings is 7. The minimum Gasteiger partial charge on any atom is -0.444 e. The molecule has 0 bridgehead atoms. The van der Waals surface area contributed by atoms with E-state index in [1.165, 1.54) is 51.8 Å². The van der Waals surface area contributed by atoms with E-state index < -0.39 is 99.8 Å². The topological polar surface area (TPSA) is 409 Å². The van der Waals surface area contributed by atoms with Crippen molar-refractivity contribution < 1.29 is 78.4 Å². The molecule has 3 aromatic carbocycles. The van der Waals surface area contributed by atoms with Gasteiger partial charge in [-0.3, -0.25) is 31.4 Å². The van der Waals surface area contributed by atoms with Crippen LogP contribution >= 0.6 is 117 Å². The number of hydrogen-bond acceptors (Lipinski definition) is 24. The van der Waals surface area contributed by atoms with Crippen molar-refractivity contribution in [3.05, 3.63) is 220 Å². The number of likely N-dealkylation sites (tertiary alicyclic amines) is 1. The summed E-state index contributed by atoms with van der Waals surface area (Å²) in [4.78, 5) is 109. The largest absolute Gasteiger partial charge is 0.444 e. The number of amides is 7. The highest BCUT2D eigenvalue weighted by molar-refractivity contribution is 9.11. The van der Waals surface area contributed by atoms with Gasteiger partial charge in [-0.25, -0.2) is 99.6 Å². The predicted octanol–water partition coefficient (Wildman–Crippen LogP) is 23.8. The van der Waals surface area contributed by atoms with Crippen molar-refractivity contribution >= 4 is 226 Å². The van der Waals surface area contributed by atoms with Gasteiger partial charge in [0, 0.05) is 23.2 Å². The summed E-state index contributed by atoms with van der Waals surface area (Å²) in [5.74, 6) is -4.21. The zero-order valence-electron chi connectivity index (χ0n) is 68.4. The van der Waals surface area contributed by atoms with Crippen LogP contribution in [0.3, 0.4) is 0 Å². The lowest BCUT2D eigenvalue weighted by Crippen LogP contribution is -2.33. The van der Waals surface area contributed by atoms with Crippen LogP contribution in [0, 0.1) is 34.9 Å². The van der Waals surface area contributed by atoms with E-state index in [0.717, 1.165) is 56.5 Å². The van der Waals surface area contributed by atoms with E-state index >= 15 is 0 Å². The van der Waals surface area contributed by atoms with Crippen molar-refractivity contribution in [1.29, 1.82) is 0 Å². The third-order valence-corrected chi connectivity index (χ3v) is 20.0. The third kappa shape index (κ3) is 35.0. The second-order valence-corrected chi connectivity index (χ2v) is 35.6. The van der Waals surface area contributed by atoms with Crippen LogP contribution in [0.1, 0.15) is 99.9 Å². The number of aromatic nitrogens is 9. The molecule has 0 saturated carbocycles. The summed E-state index contributed by atoms with van der Waals surface area (Å²) < 4.78 is 116. The molecule has 10 heterocycles. The molecule has 12 aromatic rings. The molecule has 1 saturated heterocycles. The third-order valence-electron chi connectivity index (χ3n) is 14.5. The second-order valence-electron chi connectivity index (χ2n) is 29.6. The van der Waals surface area contributed by atoms with Crippen molar-refractivity contribution in [3.8, 4) is 21.1 Å². The molecular formula is C81H79Br3Cl4F7N19O10S2. The number of carbonyl (C=O) groups excluding carboxylic acids is 6. The highest BCUT2D eigenvalue weighted by atomic mass is 79.9. The molecule has 12 N–H and O–H groups in total. The average Bonchev–Trinajstić information content (AvgIpc) is 1.65. The fourth-order valence-electron chi connectivity index (χ4n) is 9.29. The number of thiazole rings is 2. The lowest BCUT2D eigenvalue weighted by Gasteiger charge is -2.19. The number of fused-ring (bicyclic) bond motifs is 2. The Bertz CT molecular complexity index is 5810. The summed E-state index contributed by atoms with van der Waals surface area (Å²) in [6.07, 6.45) is -3.13. The number of benzene rings is 3. The number of nitrogens with one attached hydrogen (secondary N) is 6. The fourth-order valence-corrected chi connectivity index (χ4v) is 12.6. The number of alkyl halides is 1. The first kappa shape index (κ1) is 102. The van der Waals surface area contributed by atoms with Gasteiger partial charge in [0.1, 0.15) is 98.9 Å². The monoisotopic (exact) mass is 2050 g/mol. The molecule has 45 heteroatoms. The Hall–Kier alpha value is -11.2. The Kier molecular flexibility index (Phi) is 37.1. The molecule has 0 aliphatic carbocycles. The SMILES string of the molecule is CC(C)(C)OC(=O)Nc1ccc(Cl)c(Br)n1.CC(C)(C)OC(=O)Nc1ccc(Cl)c(N)n1.CC(C)(C)OC(=O)Nc1ccc(Cl)c(NC(=O)c2ccc(F)c(F)c2)n1.CC(C)(C)OC(=O)Nc1ccc2sc(-c3ccc(F)c(F)c3)nc2n1.Nc1ccc(Cl)c(Br)n1.Nc1cccc(Br)n1.O=C(Nc1ccc2sc(-c3ccc(F)c(F)c3)nc2n1)N1CC[C@H](F)C1. The number of anilines is 9. The first-order valence-corrected chi connectivity index (χ1v) is 42.1. The zero-order valence-corrected chi connectivity index (χ0v) is 77.9. The molecule has 0 unspecified atom stereocenters. The summed E-state index contributed by atoms with van der Waals surface area (Å²) in [6.45, 7) is 21.5. The lowest BCUT2D eigenvalue weighted by atomic mass is 10.2. The van der Waals surface area contributed by atoms with Gasteiger partial charge in [0.2, 0.25) is 0 Å². The van der Waals surface area contributed by atoms with Gasteiger partial charge in [0.05, 0.1) is 36.0 Å². The molecule has 1 aliphatic heterocycles. The number of ether oxygens (including phenoxy) is 4. The summed E-state index contributed by atoms with van der Waals surface area (Å²) >= 11 is 35.1. The summed E-state index contributed by atoms with van der Waals surface area (Å²) in [5.41, 5.74) is 15.3. The number of halogens is 14. The smallest absolute Gasteiger partial charge is 0.413 e. The first-order chi connectivity index (χ1) is 58.8. The maximum atomic E-state index is 13.4. The van der Waals surface area contributed by atoms with E-state index in [1.807, 2.05) is 12.1 Å². The van der Waals surface area contributed by atoms with Crippen LogP contribution in [0.4, 0.5) is 107 Å². The predicted molar refractivity (Wildman–Crippen MR) is 487 cm³/mol. The van der Waals surface area contributed by atoms with Gasteiger partial charge < -0.3 is 46.4 Å². The molecule has 0 radical (unpaired) electrons. The minimum absolute atomic E-state index is 0.0602. The summed E-state index contributed by atoms with van der Waals surface area (Å²) in [7, 11) is 0. The Balaban J connectivity index is 0.000000208. The van der Waals surface area contributed by atoms with Gasteiger partial charge >= 0.3 is 30.4 Å². The minimum atomic E-state index is -1.16. The Morgan fingerprint density at radius 1 is 0.421 bits per heavy atom. The maximum absolute atomic E-state index is 13.4. The Morgan fingerprint density at radius 2 is 0.810 bits per heavy atom. The van der Waals surface area contributed by atoms with Crippen molar-refractivity contribution in [2.75, 3.05) is 62.2 Å². The van der Waals surface area contributed by atoms with Gasteiger partial charge in [0.15, 0.2) is 52.0 Å². The van der Waals surface area contributed by atoms with Gasteiger partial charge in [-0.15, -0.1) is 22.7 Å². The van der Waals surface area contributed by atoms with Crippen LogP contribution in [0.5, 0.6) is 0 Å². The van der Waals surface area contributed by atoms with Crippen LogP contribution in [0.25, 0.3) is 41.8 Å². The van der Waals surface area contributed by atoms with Gasteiger partial charge in [-0.2, -0.15) is 0 Å². The molecular weight excluding hydrogens is 1980 g/mol. The molecule has 1 fully saturated rings. The van der Waals surface area contributed by atoms with E-state index in [-0.39, 0.29) is 34.6 Å². The number of hydrogen-bond donors (Lipinski definition) is 9. The van der Waals surface area contributed by atoms with Crippen LogP contribution < -0.4 is 49.1 Å². The molecule has 668 valence electrons. The van der Waals surface area contributed by atoms with E-state index in [9.17, 15) is 59.5 Å². The number of carbonyl (C=O) groups is 6. The van der Waals surface area contributed by atoms with Gasteiger partial charge in [-0.1, -0.05) is 52.5 Å².